The van der Waals surface area contributed by atoms with Crippen LogP contribution >= 0.6 is 0 Å². The first kappa shape index (κ1) is 19.6. The van der Waals surface area contributed by atoms with Crippen LogP contribution in [0.1, 0.15) is 42.3 Å². The molecule has 2 fully saturated rings. The number of likely N-dealkylation sites (tertiary alicyclic amines) is 2. The Morgan fingerprint density at radius 1 is 1.03 bits per heavy atom. The van der Waals surface area contributed by atoms with Gasteiger partial charge in [0.2, 0.25) is 5.43 Å². The first-order valence-corrected chi connectivity index (χ1v) is 11.0. The van der Waals surface area contributed by atoms with Crippen LogP contribution in [0.4, 0.5) is 0 Å². The van der Waals surface area contributed by atoms with E-state index in [0.717, 1.165) is 50.5 Å². The lowest BCUT2D eigenvalue weighted by atomic mass is 9.83. The molecule has 30 heavy (non-hydrogen) atoms. The summed E-state index contributed by atoms with van der Waals surface area (Å²) in [5.74, 6) is 0.691. The molecule has 160 valence electrons. The Labute approximate surface area is 176 Å². The zero-order valence-corrected chi connectivity index (χ0v) is 17.6. The van der Waals surface area contributed by atoms with E-state index >= 15 is 0 Å². The minimum atomic E-state index is -0.286. The molecule has 1 N–H and O–H groups in total. The quantitative estimate of drug-likeness (QED) is 0.827. The number of fused-ring (bicyclic) bond motifs is 4. The fourth-order valence-electron chi connectivity index (χ4n) is 5.63. The summed E-state index contributed by atoms with van der Waals surface area (Å²) in [5, 5.41) is 10.4. The molecule has 2 atom stereocenters. The van der Waals surface area contributed by atoms with Gasteiger partial charge in [-0.05, 0) is 44.3 Å². The first-order valence-electron chi connectivity index (χ1n) is 11.0. The molecular formula is C23H30N4O3. The second-order valence-corrected chi connectivity index (χ2v) is 9.23. The van der Waals surface area contributed by atoms with Crippen molar-refractivity contribution in [2.45, 2.75) is 44.8 Å². The van der Waals surface area contributed by atoms with Gasteiger partial charge in [0.25, 0.3) is 5.56 Å². The lowest BCUT2D eigenvalue weighted by molar-refractivity contribution is 0.112. The van der Waals surface area contributed by atoms with Gasteiger partial charge in [-0.1, -0.05) is 6.07 Å². The van der Waals surface area contributed by atoms with Crippen molar-refractivity contribution in [2.24, 2.45) is 13.0 Å². The Balaban J connectivity index is 1.39. The molecule has 2 bridgehead atoms. The third kappa shape index (κ3) is 3.50. The monoisotopic (exact) mass is 410 g/mol. The molecule has 2 aromatic heterocycles. The molecule has 5 rings (SSSR count). The number of pyridine rings is 2. The summed E-state index contributed by atoms with van der Waals surface area (Å²) in [6, 6.07) is 7.18. The Bertz CT molecular complexity index is 1070. The third-order valence-corrected chi connectivity index (χ3v) is 7.15. The van der Waals surface area contributed by atoms with Crippen LogP contribution in [-0.2, 0) is 26.7 Å². The number of hydrogen-bond acceptors (Lipinski definition) is 5. The summed E-state index contributed by atoms with van der Waals surface area (Å²) in [5.41, 5.74) is 2.61. The number of aromatic hydroxyl groups is 1. The highest BCUT2D eigenvalue weighted by atomic mass is 16.3. The minimum Gasteiger partial charge on any atom is -0.503 e. The first-order chi connectivity index (χ1) is 14.5. The van der Waals surface area contributed by atoms with Crippen molar-refractivity contribution in [1.29, 1.82) is 0 Å². The van der Waals surface area contributed by atoms with Crippen LogP contribution in [0.5, 0.6) is 5.75 Å². The van der Waals surface area contributed by atoms with E-state index in [9.17, 15) is 14.7 Å². The van der Waals surface area contributed by atoms with Crippen LogP contribution < -0.4 is 11.0 Å². The van der Waals surface area contributed by atoms with E-state index in [1.54, 1.807) is 12.1 Å². The van der Waals surface area contributed by atoms with E-state index in [1.807, 2.05) is 22.2 Å². The maximum absolute atomic E-state index is 12.5. The molecule has 7 nitrogen and oxygen atoms in total. The van der Waals surface area contributed by atoms with Crippen LogP contribution in [0.3, 0.4) is 0 Å². The fourth-order valence-corrected chi connectivity index (χ4v) is 5.63. The molecule has 0 spiro atoms. The van der Waals surface area contributed by atoms with Crippen molar-refractivity contribution < 1.29 is 5.11 Å². The summed E-state index contributed by atoms with van der Waals surface area (Å²) in [4.78, 5) is 29.4. The molecule has 0 amide bonds. The van der Waals surface area contributed by atoms with Crippen molar-refractivity contribution >= 4 is 0 Å². The molecule has 7 heteroatoms. The standard InChI is InChI=1S/C23H30N4O3/c1-24-18(10-21(28)23(30)20(24)15-25-7-2-3-8-25)14-26-11-16-9-17(13-26)19-5-4-6-22(29)27(19)12-16/h4-6,10,16-17,30H,2-3,7-9,11-15H2,1H3/t16-,17+/m0/s1. The molecule has 5 heterocycles. The second kappa shape index (κ2) is 7.71. The molecular weight excluding hydrogens is 380 g/mol. The lowest BCUT2D eigenvalue weighted by Crippen LogP contribution is -2.47. The van der Waals surface area contributed by atoms with Crippen LogP contribution in [0.2, 0.25) is 0 Å². The number of aromatic nitrogens is 2. The maximum Gasteiger partial charge on any atom is 0.250 e. The van der Waals surface area contributed by atoms with Crippen molar-refractivity contribution in [3.8, 4) is 5.75 Å². The van der Waals surface area contributed by atoms with E-state index < -0.39 is 0 Å². The van der Waals surface area contributed by atoms with Crippen molar-refractivity contribution in [3.63, 3.8) is 0 Å². The second-order valence-electron chi connectivity index (χ2n) is 9.23. The highest BCUT2D eigenvalue weighted by Crippen LogP contribution is 2.35. The summed E-state index contributed by atoms with van der Waals surface area (Å²) in [6.45, 7) is 5.93. The molecule has 3 aliphatic heterocycles. The van der Waals surface area contributed by atoms with E-state index in [0.29, 0.717) is 30.6 Å². The van der Waals surface area contributed by atoms with Gasteiger partial charge in [-0.15, -0.1) is 0 Å². The molecule has 0 unspecified atom stereocenters. The zero-order valence-electron chi connectivity index (χ0n) is 17.6. The molecule has 3 aliphatic rings. The average Bonchev–Trinajstić information content (AvgIpc) is 3.23. The normalized spacial score (nSPS) is 24.2. The van der Waals surface area contributed by atoms with Crippen LogP contribution in [-0.4, -0.2) is 50.2 Å². The van der Waals surface area contributed by atoms with E-state index in [1.165, 1.54) is 12.8 Å². The Morgan fingerprint density at radius 3 is 2.63 bits per heavy atom. The molecule has 0 aliphatic carbocycles. The van der Waals surface area contributed by atoms with Crippen LogP contribution in [0.25, 0.3) is 0 Å². The van der Waals surface area contributed by atoms with Gasteiger partial charge in [0.15, 0.2) is 5.75 Å². The minimum absolute atomic E-state index is 0.100. The largest absolute Gasteiger partial charge is 0.503 e. The summed E-state index contributed by atoms with van der Waals surface area (Å²) >= 11 is 0. The SMILES string of the molecule is Cn1c(CN2C[C@@H]3C[C@H](C2)c2cccc(=O)n2C3)cc(=O)c(O)c1CN1CCCC1. The van der Waals surface area contributed by atoms with Crippen LogP contribution in [0.15, 0.2) is 33.9 Å². The Morgan fingerprint density at radius 2 is 1.83 bits per heavy atom. The zero-order chi connectivity index (χ0) is 20.8. The van der Waals surface area contributed by atoms with Crippen molar-refractivity contribution in [3.05, 3.63) is 61.9 Å². The van der Waals surface area contributed by atoms with Gasteiger partial charge in [-0.25, -0.2) is 0 Å². The number of rotatable bonds is 4. The molecule has 0 saturated carbocycles. The van der Waals surface area contributed by atoms with E-state index in [2.05, 4.69) is 15.9 Å². The maximum atomic E-state index is 12.5. The lowest BCUT2D eigenvalue weighted by Gasteiger charge is -2.43. The van der Waals surface area contributed by atoms with Gasteiger partial charge in [-0.3, -0.25) is 19.4 Å². The fraction of sp³-hybridized carbons (Fsp3) is 0.565. The van der Waals surface area contributed by atoms with Gasteiger partial charge in [-0.2, -0.15) is 0 Å². The van der Waals surface area contributed by atoms with Crippen molar-refractivity contribution in [1.82, 2.24) is 18.9 Å². The molecule has 2 saturated heterocycles. The van der Waals surface area contributed by atoms with Gasteiger partial charge in [0.1, 0.15) is 0 Å². The summed E-state index contributed by atoms with van der Waals surface area (Å²) in [7, 11) is 1.96. The smallest absolute Gasteiger partial charge is 0.250 e. The number of nitrogens with zero attached hydrogens (tertiary/aromatic N) is 4. The Hall–Kier alpha value is -2.38. The summed E-state index contributed by atoms with van der Waals surface area (Å²) in [6.07, 6.45) is 3.47. The average molecular weight is 411 g/mol. The Kier molecular flexibility index (Phi) is 5.03. The van der Waals surface area contributed by atoms with Gasteiger partial charge in [0, 0.05) is 69.2 Å². The topological polar surface area (TPSA) is 70.7 Å². The third-order valence-electron chi connectivity index (χ3n) is 7.15. The van der Waals surface area contributed by atoms with E-state index in [4.69, 9.17) is 0 Å². The molecule has 2 aromatic rings. The summed E-state index contributed by atoms with van der Waals surface area (Å²) < 4.78 is 3.96. The predicted octanol–water partition coefficient (Wildman–Crippen LogP) is 1.47. The van der Waals surface area contributed by atoms with Gasteiger partial charge in [0.05, 0.1) is 5.69 Å². The van der Waals surface area contributed by atoms with Gasteiger partial charge >= 0.3 is 0 Å². The highest BCUT2D eigenvalue weighted by molar-refractivity contribution is 5.30. The van der Waals surface area contributed by atoms with E-state index in [-0.39, 0.29) is 16.7 Å². The van der Waals surface area contributed by atoms with Gasteiger partial charge < -0.3 is 14.2 Å². The number of piperidine rings is 1. The van der Waals surface area contributed by atoms with Crippen LogP contribution in [0, 0.1) is 5.92 Å². The van der Waals surface area contributed by atoms with Crippen molar-refractivity contribution in [2.75, 3.05) is 26.2 Å². The highest BCUT2D eigenvalue weighted by Gasteiger charge is 2.34. The number of hydrogen-bond donors (Lipinski definition) is 1. The molecule has 0 aromatic carbocycles. The predicted molar refractivity (Wildman–Crippen MR) is 115 cm³/mol. The molecule has 0 radical (unpaired) electrons.